The monoisotopic (exact) mass is 282 g/mol. The predicted octanol–water partition coefficient (Wildman–Crippen LogP) is 4.31. The van der Waals surface area contributed by atoms with Gasteiger partial charge < -0.3 is 5.32 Å². The van der Waals surface area contributed by atoms with Gasteiger partial charge in [-0.05, 0) is 36.5 Å². The molecule has 0 aromatic rings. The highest BCUT2D eigenvalue weighted by Gasteiger charge is 2.25. The normalized spacial score (nSPS) is 32.2. The van der Waals surface area contributed by atoms with Crippen molar-refractivity contribution in [1.82, 2.24) is 5.32 Å². The van der Waals surface area contributed by atoms with Crippen LogP contribution in [-0.4, -0.2) is 23.5 Å². The molecule has 1 aliphatic heterocycles. The van der Waals surface area contributed by atoms with Gasteiger partial charge in [0, 0.05) is 11.8 Å². The lowest BCUT2D eigenvalue weighted by Gasteiger charge is -2.26. The zero-order valence-corrected chi connectivity index (χ0v) is 13.9. The summed E-state index contributed by atoms with van der Waals surface area (Å²) in [7, 11) is 0. The number of nitrogens with zero attached hydrogens (tertiary/aromatic N) is 1. The Hall–Kier alpha value is -0.180. The van der Waals surface area contributed by atoms with E-state index < -0.39 is 0 Å². The third-order valence-corrected chi connectivity index (χ3v) is 5.38. The third-order valence-electron chi connectivity index (χ3n) is 4.23. The molecule has 0 radical (unpaired) electrons. The van der Waals surface area contributed by atoms with Gasteiger partial charge in [-0.3, -0.25) is 4.99 Å². The summed E-state index contributed by atoms with van der Waals surface area (Å²) in [5, 5.41) is 5.49. The average molecular weight is 282 g/mol. The van der Waals surface area contributed by atoms with Crippen LogP contribution in [0.4, 0.5) is 0 Å². The minimum atomic E-state index is 0.419. The SMILES string of the molecule is CC1CCC(CNC2=NCC(CC(C)(C)C)S2)CC1. The topological polar surface area (TPSA) is 24.4 Å². The van der Waals surface area contributed by atoms with Crippen LogP contribution in [0, 0.1) is 17.3 Å². The van der Waals surface area contributed by atoms with Crippen LogP contribution in [0.3, 0.4) is 0 Å². The minimum Gasteiger partial charge on any atom is -0.365 e. The van der Waals surface area contributed by atoms with Gasteiger partial charge in [-0.1, -0.05) is 52.3 Å². The molecule has 19 heavy (non-hydrogen) atoms. The molecule has 1 N–H and O–H groups in total. The van der Waals surface area contributed by atoms with Crippen molar-refractivity contribution in [2.75, 3.05) is 13.1 Å². The number of hydrogen-bond acceptors (Lipinski definition) is 3. The molecule has 0 bridgehead atoms. The molecule has 1 heterocycles. The largest absolute Gasteiger partial charge is 0.365 e. The van der Waals surface area contributed by atoms with Gasteiger partial charge in [-0.15, -0.1) is 0 Å². The molecule has 0 aromatic carbocycles. The Morgan fingerprint density at radius 1 is 1.21 bits per heavy atom. The Kier molecular flexibility index (Phi) is 5.22. The zero-order chi connectivity index (χ0) is 13.9. The molecule has 0 spiro atoms. The highest BCUT2D eigenvalue weighted by atomic mass is 32.2. The first kappa shape index (κ1) is 15.2. The Balaban J connectivity index is 1.65. The molecule has 1 fully saturated rings. The van der Waals surface area contributed by atoms with Gasteiger partial charge in [-0.2, -0.15) is 0 Å². The van der Waals surface area contributed by atoms with Crippen LogP contribution >= 0.6 is 11.8 Å². The number of rotatable bonds is 3. The number of hydrogen-bond donors (Lipinski definition) is 1. The Bertz CT molecular complexity index is 311. The highest BCUT2D eigenvalue weighted by molar-refractivity contribution is 8.14. The van der Waals surface area contributed by atoms with Crippen LogP contribution in [0.25, 0.3) is 0 Å². The number of thioether (sulfide) groups is 1. The van der Waals surface area contributed by atoms with Gasteiger partial charge in [0.05, 0.1) is 6.54 Å². The first-order chi connectivity index (χ1) is 8.92. The van der Waals surface area contributed by atoms with Crippen LogP contribution in [0.15, 0.2) is 4.99 Å². The fourth-order valence-corrected chi connectivity index (χ4v) is 4.43. The minimum absolute atomic E-state index is 0.419. The number of nitrogens with one attached hydrogen (secondary N) is 1. The van der Waals surface area contributed by atoms with Crippen molar-refractivity contribution in [3.8, 4) is 0 Å². The second kappa shape index (κ2) is 6.51. The maximum atomic E-state index is 4.67. The van der Waals surface area contributed by atoms with E-state index in [9.17, 15) is 0 Å². The molecule has 0 saturated heterocycles. The maximum Gasteiger partial charge on any atom is 0.156 e. The lowest BCUT2D eigenvalue weighted by Crippen LogP contribution is -2.29. The quantitative estimate of drug-likeness (QED) is 0.834. The third kappa shape index (κ3) is 5.37. The van der Waals surface area contributed by atoms with Gasteiger partial charge >= 0.3 is 0 Å². The van der Waals surface area contributed by atoms with Crippen LogP contribution < -0.4 is 5.32 Å². The van der Waals surface area contributed by atoms with Gasteiger partial charge in [0.2, 0.25) is 0 Å². The average Bonchev–Trinajstić information content (AvgIpc) is 2.73. The molecule has 1 saturated carbocycles. The zero-order valence-electron chi connectivity index (χ0n) is 13.0. The molecule has 3 heteroatoms. The van der Waals surface area contributed by atoms with Crippen molar-refractivity contribution >= 4 is 16.9 Å². The van der Waals surface area contributed by atoms with E-state index in [0.29, 0.717) is 10.7 Å². The molecule has 0 amide bonds. The van der Waals surface area contributed by atoms with Gasteiger partial charge in [0.25, 0.3) is 0 Å². The second-order valence-corrected chi connectivity index (χ2v) is 8.95. The van der Waals surface area contributed by atoms with E-state index in [-0.39, 0.29) is 0 Å². The summed E-state index contributed by atoms with van der Waals surface area (Å²) >= 11 is 1.97. The summed E-state index contributed by atoms with van der Waals surface area (Å²) in [6.45, 7) is 11.5. The van der Waals surface area contributed by atoms with E-state index in [4.69, 9.17) is 0 Å². The van der Waals surface area contributed by atoms with Crippen molar-refractivity contribution in [1.29, 1.82) is 0 Å². The first-order valence-electron chi connectivity index (χ1n) is 7.87. The van der Waals surface area contributed by atoms with Crippen LogP contribution in [-0.2, 0) is 0 Å². The molecule has 2 aliphatic rings. The molecule has 2 rings (SSSR count). The summed E-state index contributed by atoms with van der Waals surface area (Å²) in [6, 6.07) is 0. The molecular weight excluding hydrogens is 252 g/mol. The predicted molar refractivity (Wildman–Crippen MR) is 86.9 cm³/mol. The Labute approximate surface area is 123 Å². The molecule has 0 aromatic heterocycles. The lowest BCUT2D eigenvalue weighted by atomic mass is 9.83. The van der Waals surface area contributed by atoms with Gasteiger partial charge in [-0.25, -0.2) is 0 Å². The smallest absolute Gasteiger partial charge is 0.156 e. The molecule has 1 aliphatic carbocycles. The van der Waals surface area contributed by atoms with Crippen molar-refractivity contribution in [2.24, 2.45) is 22.2 Å². The Morgan fingerprint density at radius 3 is 2.53 bits per heavy atom. The summed E-state index contributed by atoms with van der Waals surface area (Å²) in [5.74, 6) is 1.83. The van der Waals surface area contributed by atoms with E-state index in [0.717, 1.165) is 24.9 Å². The fraction of sp³-hybridized carbons (Fsp3) is 0.938. The van der Waals surface area contributed by atoms with Gasteiger partial charge in [0.1, 0.15) is 0 Å². The molecular formula is C16H30N2S. The second-order valence-electron chi connectivity index (χ2n) is 7.66. The molecule has 1 atom stereocenters. The van der Waals surface area contributed by atoms with Crippen LogP contribution in [0.5, 0.6) is 0 Å². The van der Waals surface area contributed by atoms with Crippen molar-refractivity contribution < 1.29 is 0 Å². The van der Waals surface area contributed by atoms with E-state index in [1.807, 2.05) is 11.8 Å². The van der Waals surface area contributed by atoms with Crippen LogP contribution in [0.1, 0.15) is 59.8 Å². The standard InChI is InChI=1S/C16H30N2S/c1-12-5-7-13(8-6-12)10-17-15-18-11-14(19-15)9-16(2,3)4/h12-14H,5-11H2,1-4H3,(H,17,18). The number of aliphatic imine (C=N–C) groups is 1. The lowest BCUT2D eigenvalue weighted by molar-refractivity contribution is 0.290. The van der Waals surface area contributed by atoms with E-state index in [2.05, 4.69) is 38.0 Å². The summed E-state index contributed by atoms with van der Waals surface area (Å²) < 4.78 is 0. The summed E-state index contributed by atoms with van der Waals surface area (Å²) in [5.41, 5.74) is 0.419. The molecule has 110 valence electrons. The van der Waals surface area contributed by atoms with Crippen molar-refractivity contribution in [2.45, 2.75) is 65.0 Å². The molecule has 1 unspecified atom stereocenters. The highest BCUT2D eigenvalue weighted by Crippen LogP contribution is 2.32. The van der Waals surface area contributed by atoms with E-state index >= 15 is 0 Å². The molecule has 2 nitrogen and oxygen atoms in total. The van der Waals surface area contributed by atoms with Gasteiger partial charge in [0.15, 0.2) is 5.17 Å². The Morgan fingerprint density at radius 2 is 1.89 bits per heavy atom. The van der Waals surface area contributed by atoms with Crippen molar-refractivity contribution in [3.05, 3.63) is 0 Å². The first-order valence-corrected chi connectivity index (χ1v) is 8.75. The fourth-order valence-electron chi connectivity index (χ4n) is 3.07. The summed E-state index contributed by atoms with van der Waals surface area (Å²) in [6.07, 6.45) is 6.89. The van der Waals surface area contributed by atoms with Crippen molar-refractivity contribution in [3.63, 3.8) is 0 Å². The number of amidine groups is 1. The van der Waals surface area contributed by atoms with Crippen LogP contribution in [0.2, 0.25) is 0 Å². The maximum absolute atomic E-state index is 4.67. The summed E-state index contributed by atoms with van der Waals surface area (Å²) in [4.78, 5) is 4.67. The van der Waals surface area contributed by atoms with E-state index in [1.54, 1.807) is 0 Å². The van der Waals surface area contributed by atoms with E-state index in [1.165, 1.54) is 37.3 Å².